The van der Waals surface area contributed by atoms with E-state index in [1.165, 1.54) is 5.56 Å². The van der Waals surface area contributed by atoms with Crippen LogP contribution in [0.25, 0.3) is 0 Å². The van der Waals surface area contributed by atoms with E-state index in [4.69, 9.17) is 16.3 Å². The molecule has 3 rings (SSSR count). The number of piperazine rings is 1. The van der Waals surface area contributed by atoms with E-state index in [0.717, 1.165) is 55.5 Å². The second kappa shape index (κ2) is 10.1. The highest BCUT2D eigenvalue weighted by atomic mass is 35.5. The molecule has 1 aliphatic heterocycles. The Labute approximate surface area is 167 Å². The summed E-state index contributed by atoms with van der Waals surface area (Å²) in [7, 11) is 0. The molecule has 0 aromatic heterocycles. The Balaban J connectivity index is 1.67. The normalized spacial score (nSPS) is 18.6. The molecule has 0 aliphatic carbocycles. The van der Waals surface area contributed by atoms with Crippen molar-refractivity contribution in [3.05, 3.63) is 64.7 Å². The van der Waals surface area contributed by atoms with Gasteiger partial charge in [-0.15, -0.1) is 0 Å². The van der Waals surface area contributed by atoms with Crippen LogP contribution in [0.4, 0.5) is 0 Å². The maximum absolute atomic E-state index is 9.57. The van der Waals surface area contributed by atoms with Gasteiger partial charge in [-0.3, -0.25) is 9.80 Å². The van der Waals surface area contributed by atoms with Crippen LogP contribution in [0.1, 0.15) is 24.5 Å². The second-order valence-corrected chi connectivity index (χ2v) is 7.41. The first-order valence-electron chi connectivity index (χ1n) is 9.72. The first-order chi connectivity index (χ1) is 13.2. The Kier molecular flexibility index (Phi) is 7.53. The van der Waals surface area contributed by atoms with Crippen molar-refractivity contribution in [3.63, 3.8) is 0 Å². The maximum atomic E-state index is 9.57. The molecule has 2 aromatic carbocycles. The monoisotopic (exact) mass is 388 g/mol. The van der Waals surface area contributed by atoms with Crippen LogP contribution in [0, 0.1) is 0 Å². The largest absolute Gasteiger partial charge is 0.494 e. The molecule has 1 atom stereocenters. The molecule has 1 heterocycles. The van der Waals surface area contributed by atoms with Crippen molar-refractivity contribution >= 4 is 11.6 Å². The molecule has 0 spiro atoms. The molecule has 0 unspecified atom stereocenters. The Morgan fingerprint density at radius 2 is 1.78 bits per heavy atom. The van der Waals surface area contributed by atoms with Crippen molar-refractivity contribution in [1.82, 2.24) is 9.80 Å². The van der Waals surface area contributed by atoms with Crippen LogP contribution < -0.4 is 4.74 Å². The second-order valence-electron chi connectivity index (χ2n) is 7.00. The summed E-state index contributed by atoms with van der Waals surface area (Å²) < 4.78 is 5.79. The highest BCUT2D eigenvalue weighted by molar-refractivity contribution is 6.31. The lowest BCUT2D eigenvalue weighted by Gasteiger charge is -2.41. The number of benzene rings is 2. The molecule has 2 aromatic rings. The predicted molar refractivity (Wildman–Crippen MR) is 110 cm³/mol. The van der Waals surface area contributed by atoms with Gasteiger partial charge >= 0.3 is 0 Å². The fraction of sp³-hybridized carbons (Fsp3) is 0.455. The van der Waals surface area contributed by atoms with Crippen LogP contribution in [0.5, 0.6) is 5.75 Å². The molecular weight excluding hydrogens is 360 g/mol. The molecule has 1 saturated heterocycles. The van der Waals surface area contributed by atoms with Crippen molar-refractivity contribution < 1.29 is 9.84 Å². The third-order valence-electron chi connectivity index (χ3n) is 5.15. The van der Waals surface area contributed by atoms with Crippen LogP contribution in [-0.4, -0.2) is 53.8 Å². The lowest BCUT2D eigenvalue weighted by atomic mass is 10.1. The summed E-state index contributed by atoms with van der Waals surface area (Å²) in [6.07, 6.45) is 0.774. The zero-order valence-corrected chi connectivity index (χ0v) is 16.7. The summed E-state index contributed by atoms with van der Waals surface area (Å²) in [6.45, 7) is 7.48. The minimum absolute atomic E-state index is 0.203. The fourth-order valence-corrected chi connectivity index (χ4v) is 3.94. The SMILES string of the molecule is CCOc1ccccc1CN1CCN(Cc2ccccc2Cl)C[C@@H]1CCO. The number of ether oxygens (including phenoxy) is 1. The average Bonchev–Trinajstić information content (AvgIpc) is 2.67. The van der Waals surface area contributed by atoms with E-state index in [9.17, 15) is 5.11 Å². The molecule has 1 fully saturated rings. The number of para-hydroxylation sites is 1. The van der Waals surface area contributed by atoms with Gasteiger partial charge in [-0.1, -0.05) is 48.0 Å². The van der Waals surface area contributed by atoms with Gasteiger partial charge in [-0.2, -0.15) is 0 Å². The van der Waals surface area contributed by atoms with Gasteiger partial charge in [-0.25, -0.2) is 0 Å². The molecular formula is C22H29ClN2O2. The Morgan fingerprint density at radius 3 is 2.52 bits per heavy atom. The smallest absolute Gasteiger partial charge is 0.123 e. The first kappa shape index (κ1) is 20.2. The van der Waals surface area contributed by atoms with Crippen LogP contribution in [0.3, 0.4) is 0 Å². The number of halogens is 1. The Hall–Kier alpha value is -1.59. The van der Waals surface area contributed by atoms with Crippen molar-refractivity contribution in [2.75, 3.05) is 32.8 Å². The summed E-state index contributed by atoms with van der Waals surface area (Å²) in [6, 6.07) is 16.6. The molecule has 0 bridgehead atoms. The lowest BCUT2D eigenvalue weighted by Crippen LogP contribution is -2.52. The summed E-state index contributed by atoms with van der Waals surface area (Å²) in [5.74, 6) is 0.959. The summed E-state index contributed by atoms with van der Waals surface area (Å²) in [5, 5.41) is 10.4. The van der Waals surface area contributed by atoms with Gasteiger partial charge < -0.3 is 9.84 Å². The van der Waals surface area contributed by atoms with Crippen LogP contribution in [0.2, 0.25) is 5.02 Å². The molecule has 1 aliphatic rings. The maximum Gasteiger partial charge on any atom is 0.123 e. The molecule has 1 N–H and O–H groups in total. The van der Waals surface area contributed by atoms with E-state index >= 15 is 0 Å². The summed E-state index contributed by atoms with van der Waals surface area (Å²) in [5.41, 5.74) is 2.37. The highest BCUT2D eigenvalue weighted by Gasteiger charge is 2.27. The van der Waals surface area contributed by atoms with Gasteiger partial charge in [0.2, 0.25) is 0 Å². The van der Waals surface area contributed by atoms with E-state index in [-0.39, 0.29) is 6.61 Å². The van der Waals surface area contributed by atoms with Gasteiger partial charge in [0, 0.05) is 56.0 Å². The Morgan fingerprint density at radius 1 is 1.04 bits per heavy atom. The third-order valence-corrected chi connectivity index (χ3v) is 5.52. The van der Waals surface area contributed by atoms with E-state index in [1.807, 2.05) is 37.3 Å². The first-order valence-corrected chi connectivity index (χ1v) is 10.1. The summed E-state index contributed by atoms with van der Waals surface area (Å²) >= 11 is 6.33. The summed E-state index contributed by atoms with van der Waals surface area (Å²) in [4.78, 5) is 4.91. The standard InChI is InChI=1S/C22H29ClN2O2/c1-2-27-22-10-6-4-8-19(22)16-25-13-12-24(17-20(25)11-14-26)15-18-7-3-5-9-21(18)23/h3-10,20,26H,2,11-17H2,1H3/t20-/m0/s1. The van der Waals surface area contributed by atoms with Crippen molar-refractivity contribution in [2.45, 2.75) is 32.5 Å². The molecule has 27 heavy (non-hydrogen) atoms. The molecule has 5 heteroatoms. The van der Waals surface area contributed by atoms with E-state index in [2.05, 4.69) is 28.0 Å². The highest BCUT2D eigenvalue weighted by Crippen LogP contribution is 2.25. The van der Waals surface area contributed by atoms with Gasteiger partial charge in [0.1, 0.15) is 5.75 Å². The van der Waals surface area contributed by atoms with Gasteiger partial charge in [0.15, 0.2) is 0 Å². The number of hydrogen-bond acceptors (Lipinski definition) is 4. The molecule has 0 radical (unpaired) electrons. The van der Waals surface area contributed by atoms with Crippen molar-refractivity contribution in [2.24, 2.45) is 0 Å². The minimum atomic E-state index is 0.203. The van der Waals surface area contributed by atoms with Crippen LogP contribution >= 0.6 is 11.6 Å². The topological polar surface area (TPSA) is 35.9 Å². The number of nitrogens with zero attached hydrogens (tertiary/aromatic N) is 2. The zero-order chi connectivity index (χ0) is 19.1. The van der Waals surface area contributed by atoms with Gasteiger partial charge in [0.05, 0.1) is 6.61 Å². The molecule has 4 nitrogen and oxygen atoms in total. The van der Waals surface area contributed by atoms with Crippen molar-refractivity contribution in [1.29, 1.82) is 0 Å². The predicted octanol–water partition coefficient (Wildman–Crippen LogP) is 3.81. The van der Waals surface area contributed by atoms with Crippen LogP contribution in [0.15, 0.2) is 48.5 Å². The molecule has 0 amide bonds. The molecule has 0 saturated carbocycles. The zero-order valence-electron chi connectivity index (χ0n) is 16.0. The number of aliphatic hydroxyl groups is 1. The quantitative estimate of drug-likeness (QED) is 0.746. The average molecular weight is 389 g/mol. The lowest BCUT2D eigenvalue weighted by molar-refractivity contribution is 0.0494. The number of aliphatic hydroxyl groups excluding tert-OH is 1. The Bertz CT molecular complexity index is 725. The number of rotatable bonds is 8. The fourth-order valence-electron chi connectivity index (χ4n) is 3.75. The van der Waals surface area contributed by atoms with Gasteiger partial charge in [-0.05, 0) is 31.0 Å². The van der Waals surface area contributed by atoms with E-state index in [1.54, 1.807) is 0 Å². The van der Waals surface area contributed by atoms with E-state index in [0.29, 0.717) is 12.6 Å². The molecule has 146 valence electrons. The van der Waals surface area contributed by atoms with E-state index < -0.39 is 0 Å². The third kappa shape index (κ3) is 5.45. The van der Waals surface area contributed by atoms with Gasteiger partial charge in [0.25, 0.3) is 0 Å². The minimum Gasteiger partial charge on any atom is -0.494 e. The van der Waals surface area contributed by atoms with Crippen LogP contribution in [-0.2, 0) is 13.1 Å². The number of hydrogen-bond donors (Lipinski definition) is 1. The van der Waals surface area contributed by atoms with Crippen molar-refractivity contribution in [3.8, 4) is 5.75 Å².